The highest BCUT2D eigenvalue weighted by atomic mass is 35.5. The number of amides is 1. The van der Waals surface area contributed by atoms with Crippen LogP contribution in [-0.2, 0) is 0 Å². The Balaban J connectivity index is 2.26. The third-order valence-corrected chi connectivity index (χ3v) is 5.07. The van der Waals surface area contributed by atoms with Gasteiger partial charge in [0.1, 0.15) is 17.6 Å². The van der Waals surface area contributed by atoms with Crippen LogP contribution in [0.3, 0.4) is 0 Å². The molecule has 1 N–H and O–H groups in total. The number of methoxy groups -OCH3 is 1. The second kappa shape index (κ2) is 9.71. The van der Waals surface area contributed by atoms with Gasteiger partial charge in [-0.25, -0.2) is 14.4 Å². The smallest absolute Gasteiger partial charge is 0.292 e. The molecule has 3 rings (SSSR count). The van der Waals surface area contributed by atoms with Gasteiger partial charge in [-0.1, -0.05) is 17.7 Å². The monoisotopic (exact) mass is 468 g/mol. The zero-order valence-corrected chi connectivity index (χ0v) is 19.5. The third-order valence-electron chi connectivity index (χ3n) is 4.78. The lowest BCUT2D eigenvalue weighted by Crippen LogP contribution is -2.19. The Morgan fingerprint density at radius 1 is 1.33 bits per heavy atom. The summed E-state index contributed by atoms with van der Waals surface area (Å²) >= 11 is 5.84. The minimum atomic E-state index is -0.623. The molecule has 0 aliphatic rings. The molecule has 0 atom stereocenters. The van der Waals surface area contributed by atoms with E-state index in [4.69, 9.17) is 16.3 Å². The predicted octanol–water partition coefficient (Wildman–Crippen LogP) is 4.64. The van der Waals surface area contributed by atoms with Crippen molar-refractivity contribution in [1.29, 1.82) is 5.26 Å². The van der Waals surface area contributed by atoms with Crippen LogP contribution in [0.1, 0.15) is 27.4 Å². The summed E-state index contributed by atoms with van der Waals surface area (Å²) in [4.78, 5) is 23.6. The second-order valence-electron chi connectivity index (χ2n) is 7.40. The molecule has 8 nitrogen and oxygen atoms in total. The molecule has 0 saturated carbocycles. The quantitative estimate of drug-likeness (QED) is 0.420. The summed E-state index contributed by atoms with van der Waals surface area (Å²) in [6.07, 6.45) is 1.51. The van der Waals surface area contributed by atoms with Gasteiger partial charge in [-0.3, -0.25) is 9.36 Å². The lowest BCUT2D eigenvalue weighted by molar-refractivity contribution is 0.101. The van der Waals surface area contributed by atoms with Gasteiger partial charge in [-0.15, -0.1) is 0 Å². The van der Waals surface area contributed by atoms with Gasteiger partial charge in [0.15, 0.2) is 11.5 Å². The summed E-state index contributed by atoms with van der Waals surface area (Å²) in [6.45, 7) is 3.71. The van der Waals surface area contributed by atoms with Gasteiger partial charge in [-0.05, 0) is 43.7 Å². The van der Waals surface area contributed by atoms with E-state index in [1.807, 2.05) is 32.0 Å². The number of halogens is 2. The number of carbonyl (C=O) groups excluding carboxylic acids is 1. The summed E-state index contributed by atoms with van der Waals surface area (Å²) in [5.41, 5.74) is 2.40. The van der Waals surface area contributed by atoms with Crippen LogP contribution in [0.25, 0.3) is 5.69 Å². The highest BCUT2D eigenvalue weighted by Gasteiger charge is 2.26. The summed E-state index contributed by atoms with van der Waals surface area (Å²) in [5, 5.41) is 12.2. The predicted molar refractivity (Wildman–Crippen MR) is 126 cm³/mol. The van der Waals surface area contributed by atoms with Crippen LogP contribution in [0.2, 0.25) is 5.02 Å². The molecule has 1 amide bonds. The van der Waals surface area contributed by atoms with Crippen LogP contribution >= 0.6 is 11.6 Å². The Kier molecular flexibility index (Phi) is 6.99. The number of carbonyl (C=O) groups is 1. The number of aliphatic imine (C=N–C) groups is 1. The van der Waals surface area contributed by atoms with Gasteiger partial charge in [0.2, 0.25) is 5.82 Å². The van der Waals surface area contributed by atoms with E-state index in [2.05, 4.69) is 15.3 Å². The van der Waals surface area contributed by atoms with Crippen molar-refractivity contribution in [1.82, 2.24) is 14.5 Å². The number of rotatable bonds is 6. The van der Waals surface area contributed by atoms with Gasteiger partial charge in [0, 0.05) is 25.3 Å². The topological polar surface area (TPSA) is 95.5 Å². The van der Waals surface area contributed by atoms with Gasteiger partial charge < -0.3 is 15.0 Å². The van der Waals surface area contributed by atoms with Crippen molar-refractivity contribution in [2.75, 3.05) is 26.5 Å². The number of aromatic nitrogens is 2. The summed E-state index contributed by atoms with van der Waals surface area (Å²) < 4.78 is 20.5. The van der Waals surface area contributed by atoms with E-state index in [1.54, 1.807) is 26.1 Å². The Morgan fingerprint density at radius 3 is 2.67 bits per heavy atom. The van der Waals surface area contributed by atoms with Gasteiger partial charge in [0.05, 0.1) is 24.2 Å². The molecule has 1 aromatic heterocycles. The molecular formula is C23H22ClFN6O2. The van der Waals surface area contributed by atoms with Crippen LogP contribution in [0.15, 0.2) is 35.3 Å². The van der Waals surface area contributed by atoms with E-state index in [1.165, 1.54) is 23.0 Å². The van der Waals surface area contributed by atoms with Crippen molar-refractivity contribution in [3.05, 3.63) is 63.8 Å². The van der Waals surface area contributed by atoms with Crippen LogP contribution in [-0.4, -0.2) is 47.9 Å². The SMILES string of the molecule is COc1ccc(C)c(-n2c(C(=O)Nc3ccc(F)c(Cl)c3)nc(C#N)c2N=CN(C)C)c1C. The first-order valence-electron chi connectivity index (χ1n) is 9.82. The van der Waals surface area contributed by atoms with Gasteiger partial charge in [0.25, 0.3) is 5.91 Å². The summed E-state index contributed by atoms with van der Waals surface area (Å²) in [7, 11) is 5.11. The summed E-state index contributed by atoms with van der Waals surface area (Å²) in [5.74, 6) is -0.514. The third kappa shape index (κ3) is 4.81. The number of aryl methyl sites for hydroxylation is 1. The Labute approximate surface area is 195 Å². The Hall–Kier alpha value is -3.90. The maximum Gasteiger partial charge on any atom is 0.292 e. The van der Waals surface area contributed by atoms with E-state index in [-0.39, 0.29) is 28.0 Å². The molecule has 170 valence electrons. The fourth-order valence-electron chi connectivity index (χ4n) is 3.28. The zero-order chi connectivity index (χ0) is 24.3. The minimum absolute atomic E-state index is 0.0305. The molecule has 10 heteroatoms. The highest BCUT2D eigenvalue weighted by molar-refractivity contribution is 6.31. The van der Waals surface area contributed by atoms with E-state index < -0.39 is 11.7 Å². The van der Waals surface area contributed by atoms with Crippen molar-refractivity contribution >= 4 is 35.4 Å². The molecule has 3 aromatic rings. The number of nitrogens with one attached hydrogen (secondary N) is 1. The van der Waals surface area contributed by atoms with Crippen LogP contribution in [0, 0.1) is 31.0 Å². The van der Waals surface area contributed by atoms with E-state index >= 15 is 0 Å². The molecule has 0 fully saturated rings. The fraction of sp³-hybridized carbons (Fsp3) is 0.217. The van der Waals surface area contributed by atoms with Crippen molar-refractivity contribution in [2.24, 2.45) is 4.99 Å². The van der Waals surface area contributed by atoms with Gasteiger partial charge in [-0.2, -0.15) is 5.26 Å². The molecule has 1 heterocycles. The van der Waals surface area contributed by atoms with Crippen LogP contribution in [0.4, 0.5) is 15.9 Å². The standard InChI is InChI=1S/C23H22ClFN6O2/c1-13-6-9-19(33-5)14(2)20(13)31-21(27-12-30(3)4)18(11-26)29-22(31)23(32)28-15-7-8-17(25)16(24)10-15/h6-10,12H,1-5H3,(H,28,32). The number of nitrogens with zero attached hydrogens (tertiary/aromatic N) is 5. The molecule has 2 aromatic carbocycles. The molecular weight excluding hydrogens is 447 g/mol. The number of ether oxygens (including phenoxy) is 1. The first kappa shape index (κ1) is 23.8. The number of hydrogen-bond acceptors (Lipinski definition) is 5. The lowest BCUT2D eigenvalue weighted by atomic mass is 10.1. The number of benzene rings is 2. The maximum absolute atomic E-state index is 13.5. The molecule has 0 radical (unpaired) electrons. The molecule has 0 unspecified atom stereocenters. The number of imidazole rings is 1. The van der Waals surface area contributed by atoms with Crippen molar-refractivity contribution in [2.45, 2.75) is 13.8 Å². The van der Waals surface area contributed by atoms with E-state index in [9.17, 15) is 14.4 Å². The van der Waals surface area contributed by atoms with Crippen molar-refractivity contribution < 1.29 is 13.9 Å². The lowest BCUT2D eigenvalue weighted by Gasteiger charge is -2.18. The first-order valence-corrected chi connectivity index (χ1v) is 10.2. The highest BCUT2D eigenvalue weighted by Crippen LogP contribution is 2.34. The van der Waals surface area contributed by atoms with E-state index in [0.29, 0.717) is 11.4 Å². The van der Waals surface area contributed by atoms with Crippen molar-refractivity contribution in [3.63, 3.8) is 0 Å². The minimum Gasteiger partial charge on any atom is -0.496 e. The summed E-state index contributed by atoms with van der Waals surface area (Å²) in [6, 6.07) is 9.49. The average Bonchev–Trinajstić information content (AvgIpc) is 3.13. The number of anilines is 1. The van der Waals surface area contributed by atoms with Gasteiger partial charge >= 0.3 is 0 Å². The second-order valence-corrected chi connectivity index (χ2v) is 7.81. The van der Waals surface area contributed by atoms with E-state index in [0.717, 1.165) is 17.2 Å². The first-order chi connectivity index (χ1) is 15.7. The average molecular weight is 469 g/mol. The molecule has 0 saturated heterocycles. The molecule has 0 spiro atoms. The number of hydrogen-bond donors (Lipinski definition) is 1. The Bertz CT molecular complexity index is 1290. The normalized spacial score (nSPS) is 10.8. The molecule has 33 heavy (non-hydrogen) atoms. The van der Waals surface area contributed by atoms with Crippen molar-refractivity contribution in [3.8, 4) is 17.5 Å². The van der Waals surface area contributed by atoms with Crippen LogP contribution < -0.4 is 10.1 Å². The zero-order valence-electron chi connectivity index (χ0n) is 18.8. The maximum atomic E-state index is 13.5. The molecule has 0 aliphatic heterocycles. The number of nitriles is 1. The van der Waals surface area contributed by atoms with Crippen LogP contribution in [0.5, 0.6) is 5.75 Å². The molecule has 0 bridgehead atoms. The molecule has 0 aliphatic carbocycles. The fourth-order valence-corrected chi connectivity index (χ4v) is 3.46. The Morgan fingerprint density at radius 2 is 2.06 bits per heavy atom. The largest absolute Gasteiger partial charge is 0.496 e.